The molecule has 1 atom stereocenters. The Bertz CT molecular complexity index is 856. The van der Waals surface area contributed by atoms with Gasteiger partial charge in [-0.05, 0) is 40.3 Å². The molecule has 0 spiro atoms. The first kappa shape index (κ1) is 17.5. The van der Waals surface area contributed by atoms with Crippen molar-refractivity contribution in [3.8, 4) is 0 Å². The zero-order valence-electron chi connectivity index (χ0n) is 14.1. The van der Waals surface area contributed by atoms with Gasteiger partial charge in [-0.15, -0.1) is 11.8 Å². The molecule has 1 amide bonds. The number of thioether (sulfide) groups is 1. The Hall–Kier alpha value is -2.30. The summed E-state index contributed by atoms with van der Waals surface area (Å²) in [5.41, 5.74) is 1.80. The average Bonchev–Trinajstić information content (AvgIpc) is 2.66. The first-order valence-electron chi connectivity index (χ1n) is 8.23. The number of benzene rings is 3. The van der Waals surface area contributed by atoms with Crippen LogP contribution in [0.2, 0.25) is 0 Å². The van der Waals surface area contributed by atoms with Crippen LogP contribution in [0.4, 0.5) is 0 Å². The fourth-order valence-electron chi connectivity index (χ4n) is 2.84. The smallest absolute Gasteiger partial charge is 0.224 e. The van der Waals surface area contributed by atoms with Crippen molar-refractivity contribution in [2.45, 2.75) is 17.4 Å². The van der Waals surface area contributed by atoms with Crippen molar-refractivity contribution in [3.05, 3.63) is 77.9 Å². The van der Waals surface area contributed by atoms with E-state index in [4.69, 9.17) is 0 Å². The molecule has 0 aliphatic rings. The topological polar surface area (TPSA) is 49.3 Å². The third-order valence-electron chi connectivity index (χ3n) is 4.22. The van der Waals surface area contributed by atoms with Crippen molar-refractivity contribution in [2.24, 2.45) is 0 Å². The summed E-state index contributed by atoms with van der Waals surface area (Å²) in [6.07, 6.45) is 1.62. The number of rotatable bonds is 6. The second-order valence-corrected chi connectivity index (χ2v) is 6.79. The molecule has 3 rings (SSSR count). The van der Waals surface area contributed by atoms with Gasteiger partial charge in [-0.1, -0.05) is 54.6 Å². The van der Waals surface area contributed by atoms with Crippen LogP contribution in [0.5, 0.6) is 0 Å². The van der Waals surface area contributed by atoms with E-state index in [0.29, 0.717) is 6.42 Å². The van der Waals surface area contributed by atoms with Crippen LogP contribution in [0.3, 0.4) is 0 Å². The zero-order chi connectivity index (χ0) is 17.6. The fourth-order valence-corrected chi connectivity index (χ4v) is 3.24. The second-order valence-electron chi connectivity index (χ2n) is 5.91. The van der Waals surface area contributed by atoms with Crippen molar-refractivity contribution in [1.82, 2.24) is 5.32 Å². The molecule has 0 heterocycles. The van der Waals surface area contributed by atoms with Crippen molar-refractivity contribution in [1.29, 1.82) is 0 Å². The van der Waals surface area contributed by atoms with Gasteiger partial charge >= 0.3 is 0 Å². The zero-order valence-corrected chi connectivity index (χ0v) is 14.9. The van der Waals surface area contributed by atoms with Gasteiger partial charge in [-0.3, -0.25) is 4.79 Å². The molecule has 0 fully saturated rings. The highest BCUT2D eigenvalue weighted by Gasteiger charge is 2.11. The van der Waals surface area contributed by atoms with Crippen LogP contribution in [0, 0.1) is 0 Å². The third kappa shape index (κ3) is 4.41. The summed E-state index contributed by atoms with van der Waals surface area (Å²) >= 11 is 1.66. The molecule has 0 radical (unpaired) electrons. The lowest BCUT2D eigenvalue weighted by atomic mass is 10.0. The number of nitrogens with one attached hydrogen (secondary N) is 1. The van der Waals surface area contributed by atoms with Crippen LogP contribution >= 0.6 is 11.8 Å². The van der Waals surface area contributed by atoms with Crippen LogP contribution in [0.25, 0.3) is 10.8 Å². The van der Waals surface area contributed by atoms with Gasteiger partial charge in [0.25, 0.3) is 0 Å². The average molecular weight is 351 g/mol. The number of carbonyl (C=O) groups is 1. The Morgan fingerprint density at radius 2 is 1.76 bits per heavy atom. The maximum absolute atomic E-state index is 12.3. The molecule has 0 bridgehead atoms. The highest BCUT2D eigenvalue weighted by Crippen LogP contribution is 2.20. The Labute approximate surface area is 152 Å². The molecule has 0 aliphatic carbocycles. The quantitative estimate of drug-likeness (QED) is 0.661. The molecule has 0 aromatic heterocycles. The predicted octanol–water partition coefficient (Wildman–Crippen LogP) is 3.95. The monoisotopic (exact) mass is 351 g/mol. The van der Waals surface area contributed by atoms with Gasteiger partial charge in [0.1, 0.15) is 0 Å². The predicted molar refractivity (Wildman–Crippen MR) is 104 cm³/mol. The van der Waals surface area contributed by atoms with E-state index in [1.807, 2.05) is 73.0 Å². The Morgan fingerprint density at radius 1 is 1.04 bits per heavy atom. The second kappa shape index (κ2) is 8.19. The molecule has 2 N–H and O–H groups in total. The van der Waals surface area contributed by atoms with Crippen LogP contribution in [0.1, 0.15) is 17.2 Å². The largest absolute Gasteiger partial charge is 0.387 e. The number of amides is 1. The number of carbonyl (C=O) groups excluding carboxylic acids is 1. The van der Waals surface area contributed by atoms with Gasteiger partial charge < -0.3 is 10.4 Å². The molecule has 3 nitrogen and oxygen atoms in total. The molecular weight excluding hydrogens is 330 g/mol. The summed E-state index contributed by atoms with van der Waals surface area (Å²) in [6.45, 7) is 0.211. The van der Waals surface area contributed by atoms with E-state index < -0.39 is 6.10 Å². The molecular formula is C21H21NO2S. The minimum absolute atomic E-state index is 0.0869. The number of aliphatic hydroxyl groups excluding tert-OH is 1. The molecule has 0 aliphatic heterocycles. The fraction of sp³-hybridized carbons (Fsp3) is 0.190. The number of aliphatic hydroxyl groups is 1. The van der Waals surface area contributed by atoms with E-state index in [0.717, 1.165) is 26.8 Å². The van der Waals surface area contributed by atoms with E-state index >= 15 is 0 Å². The Kier molecular flexibility index (Phi) is 5.74. The molecule has 3 aromatic carbocycles. The minimum Gasteiger partial charge on any atom is -0.387 e. The van der Waals surface area contributed by atoms with E-state index in [-0.39, 0.29) is 12.5 Å². The van der Waals surface area contributed by atoms with Crippen LogP contribution in [-0.4, -0.2) is 23.8 Å². The van der Waals surface area contributed by atoms with Gasteiger partial charge in [0, 0.05) is 11.4 Å². The summed E-state index contributed by atoms with van der Waals surface area (Å²) < 4.78 is 0. The molecule has 3 aromatic rings. The van der Waals surface area contributed by atoms with Gasteiger partial charge in [0.05, 0.1) is 12.5 Å². The molecule has 128 valence electrons. The van der Waals surface area contributed by atoms with E-state index in [9.17, 15) is 9.90 Å². The molecule has 4 heteroatoms. The highest BCUT2D eigenvalue weighted by atomic mass is 32.2. The standard InChI is InChI=1S/C21H21NO2S/c1-25-18-11-9-16(10-12-18)20(23)14-22-21(24)13-17-7-4-6-15-5-2-3-8-19(15)17/h2-12,20,23H,13-14H2,1H3,(H,22,24). The van der Waals surface area contributed by atoms with Crippen molar-refractivity contribution in [3.63, 3.8) is 0 Å². The number of hydrogen-bond donors (Lipinski definition) is 2. The van der Waals surface area contributed by atoms with E-state index in [1.54, 1.807) is 11.8 Å². The summed E-state index contributed by atoms with van der Waals surface area (Å²) in [4.78, 5) is 13.4. The summed E-state index contributed by atoms with van der Waals surface area (Å²) in [5, 5.41) is 15.3. The third-order valence-corrected chi connectivity index (χ3v) is 4.97. The minimum atomic E-state index is -0.702. The molecule has 1 unspecified atom stereocenters. The first-order valence-corrected chi connectivity index (χ1v) is 9.45. The van der Waals surface area contributed by atoms with Crippen LogP contribution in [0.15, 0.2) is 71.6 Å². The van der Waals surface area contributed by atoms with Gasteiger partial charge in [-0.2, -0.15) is 0 Å². The van der Waals surface area contributed by atoms with Gasteiger partial charge in [-0.25, -0.2) is 0 Å². The lowest BCUT2D eigenvalue weighted by Crippen LogP contribution is -2.29. The SMILES string of the molecule is CSc1ccc(C(O)CNC(=O)Cc2cccc3ccccc23)cc1. The lowest BCUT2D eigenvalue weighted by molar-refractivity contribution is -0.120. The maximum Gasteiger partial charge on any atom is 0.224 e. The van der Waals surface area contributed by atoms with Crippen LogP contribution in [-0.2, 0) is 11.2 Å². The van der Waals surface area contributed by atoms with Crippen molar-refractivity contribution < 1.29 is 9.90 Å². The molecule has 0 saturated carbocycles. The lowest BCUT2D eigenvalue weighted by Gasteiger charge is -2.13. The maximum atomic E-state index is 12.3. The number of hydrogen-bond acceptors (Lipinski definition) is 3. The summed E-state index contributed by atoms with van der Waals surface area (Å²) in [7, 11) is 0. The molecule has 0 saturated heterocycles. The van der Waals surface area contributed by atoms with Gasteiger partial charge in [0.15, 0.2) is 0 Å². The van der Waals surface area contributed by atoms with E-state index in [1.165, 1.54) is 0 Å². The van der Waals surface area contributed by atoms with Crippen molar-refractivity contribution >= 4 is 28.4 Å². The van der Waals surface area contributed by atoms with Crippen molar-refractivity contribution in [2.75, 3.05) is 12.8 Å². The summed E-state index contributed by atoms with van der Waals surface area (Å²) in [6, 6.07) is 21.8. The number of fused-ring (bicyclic) bond motifs is 1. The Balaban J connectivity index is 1.60. The van der Waals surface area contributed by atoms with Crippen LogP contribution < -0.4 is 5.32 Å². The molecule has 25 heavy (non-hydrogen) atoms. The Morgan fingerprint density at radius 3 is 2.52 bits per heavy atom. The first-order chi connectivity index (χ1) is 12.2. The van der Waals surface area contributed by atoms with E-state index in [2.05, 4.69) is 5.32 Å². The normalized spacial score (nSPS) is 12.1. The highest BCUT2D eigenvalue weighted by molar-refractivity contribution is 7.98. The van der Waals surface area contributed by atoms with Gasteiger partial charge in [0.2, 0.25) is 5.91 Å². The summed E-state index contributed by atoms with van der Waals surface area (Å²) in [5.74, 6) is -0.0869.